The summed E-state index contributed by atoms with van der Waals surface area (Å²) in [4.78, 5) is 9.30. The molecule has 140 valence electrons. The SMILES string of the molecule is Cc1ccc(C(C)C)c(Oc2nc(-c3ccccc3O)nc3ccccc23)c1. The molecule has 0 saturated carbocycles. The summed E-state index contributed by atoms with van der Waals surface area (Å²) < 4.78 is 6.33. The number of fused-ring (bicyclic) bond motifs is 1. The number of ether oxygens (including phenoxy) is 1. The topological polar surface area (TPSA) is 55.2 Å². The summed E-state index contributed by atoms with van der Waals surface area (Å²) >= 11 is 0. The molecule has 1 aromatic heterocycles. The number of hydrogen-bond donors (Lipinski definition) is 1. The molecule has 4 aromatic rings. The number of aromatic nitrogens is 2. The molecule has 0 unspecified atom stereocenters. The molecule has 0 spiro atoms. The van der Waals surface area contributed by atoms with Crippen molar-refractivity contribution in [1.82, 2.24) is 9.97 Å². The summed E-state index contributed by atoms with van der Waals surface area (Å²) in [5.41, 5.74) is 3.59. The van der Waals surface area contributed by atoms with Crippen LogP contribution in [0.1, 0.15) is 30.9 Å². The van der Waals surface area contributed by atoms with Crippen molar-refractivity contribution in [3.8, 4) is 28.8 Å². The number of aryl methyl sites for hydroxylation is 1. The highest BCUT2D eigenvalue weighted by atomic mass is 16.5. The van der Waals surface area contributed by atoms with Crippen LogP contribution < -0.4 is 4.74 Å². The Morgan fingerprint density at radius 1 is 0.893 bits per heavy atom. The zero-order valence-corrected chi connectivity index (χ0v) is 16.2. The van der Waals surface area contributed by atoms with Gasteiger partial charge in [0.2, 0.25) is 5.88 Å². The Bertz CT molecular complexity index is 1150. The molecule has 0 radical (unpaired) electrons. The maximum absolute atomic E-state index is 10.2. The summed E-state index contributed by atoms with van der Waals surface area (Å²) in [7, 11) is 0. The van der Waals surface area contributed by atoms with Gasteiger partial charge >= 0.3 is 0 Å². The molecule has 0 aliphatic heterocycles. The van der Waals surface area contributed by atoms with Crippen LogP contribution in [0.3, 0.4) is 0 Å². The summed E-state index contributed by atoms with van der Waals surface area (Å²) in [6, 6.07) is 21.0. The molecule has 0 aliphatic carbocycles. The fourth-order valence-electron chi connectivity index (χ4n) is 3.22. The molecular formula is C24H22N2O2. The predicted molar refractivity (Wildman–Crippen MR) is 112 cm³/mol. The third-order valence-corrected chi connectivity index (χ3v) is 4.71. The molecule has 0 amide bonds. The Hall–Kier alpha value is -3.40. The summed E-state index contributed by atoms with van der Waals surface area (Å²) in [5.74, 6) is 2.17. The number of phenolic OH excluding ortho intramolecular Hbond substituents is 1. The number of para-hydroxylation sites is 2. The lowest BCUT2D eigenvalue weighted by Crippen LogP contribution is -1.99. The first-order valence-electron chi connectivity index (χ1n) is 9.36. The van der Waals surface area contributed by atoms with Crippen LogP contribution in [0.4, 0.5) is 0 Å². The van der Waals surface area contributed by atoms with Crippen molar-refractivity contribution >= 4 is 10.9 Å². The third-order valence-electron chi connectivity index (χ3n) is 4.71. The number of nitrogens with zero attached hydrogens (tertiary/aromatic N) is 2. The van der Waals surface area contributed by atoms with Gasteiger partial charge in [0, 0.05) is 0 Å². The predicted octanol–water partition coefficient (Wildman–Crippen LogP) is 6.23. The first kappa shape index (κ1) is 18.0. The zero-order chi connectivity index (χ0) is 19.7. The maximum Gasteiger partial charge on any atom is 0.230 e. The van der Waals surface area contributed by atoms with Crippen molar-refractivity contribution in [1.29, 1.82) is 0 Å². The largest absolute Gasteiger partial charge is 0.507 e. The molecule has 0 saturated heterocycles. The second-order valence-electron chi connectivity index (χ2n) is 7.18. The van der Waals surface area contributed by atoms with Gasteiger partial charge in [0.1, 0.15) is 11.5 Å². The van der Waals surface area contributed by atoms with Gasteiger partial charge in [0.05, 0.1) is 16.5 Å². The monoisotopic (exact) mass is 370 g/mol. The van der Waals surface area contributed by atoms with Crippen LogP contribution in [0.25, 0.3) is 22.3 Å². The van der Waals surface area contributed by atoms with Gasteiger partial charge in [-0.3, -0.25) is 0 Å². The molecule has 1 N–H and O–H groups in total. The van der Waals surface area contributed by atoms with Gasteiger partial charge in [-0.1, -0.05) is 50.2 Å². The molecule has 0 bridgehead atoms. The lowest BCUT2D eigenvalue weighted by atomic mass is 10.0. The second-order valence-corrected chi connectivity index (χ2v) is 7.18. The zero-order valence-electron chi connectivity index (χ0n) is 16.2. The van der Waals surface area contributed by atoms with E-state index in [0.29, 0.717) is 23.2 Å². The van der Waals surface area contributed by atoms with Crippen LogP contribution in [0, 0.1) is 6.92 Å². The average Bonchev–Trinajstić information content (AvgIpc) is 2.68. The number of phenols is 1. The molecule has 28 heavy (non-hydrogen) atoms. The molecule has 4 heteroatoms. The van der Waals surface area contributed by atoms with E-state index >= 15 is 0 Å². The minimum absolute atomic E-state index is 0.141. The Morgan fingerprint density at radius 2 is 1.64 bits per heavy atom. The van der Waals surface area contributed by atoms with E-state index in [1.807, 2.05) is 43.3 Å². The first-order valence-corrected chi connectivity index (χ1v) is 9.36. The van der Waals surface area contributed by atoms with Gasteiger partial charge in [-0.15, -0.1) is 0 Å². The molecule has 4 rings (SSSR count). The van der Waals surface area contributed by atoms with Crippen molar-refractivity contribution in [3.63, 3.8) is 0 Å². The van der Waals surface area contributed by atoms with E-state index in [2.05, 4.69) is 35.9 Å². The molecule has 1 heterocycles. The van der Waals surface area contributed by atoms with E-state index in [-0.39, 0.29) is 5.75 Å². The molecule has 3 aromatic carbocycles. The fraction of sp³-hybridized carbons (Fsp3) is 0.167. The normalized spacial score (nSPS) is 11.1. The van der Waals surface area contributed by atoms with Gasteiger partial charge in [0.25, 0.3) is 0 Å². The van der Waals surface area contributed by atoms with Crippen LogP contribution >= 0.6 is 0 Å². The van der Waals surface area contributed by atoms with E-state index in [1.165, 1.54) is 0 Å². The van der Waals surface area contributed by atoms with Crippen LogP contribution in [-0.4, -0.2) is 15.1 Å². The Kier molecular flexibility index (Phi) is 4.70. The number of aromatic hydroxyl groups is 1. The highest BCUT2D eigenvalue weighted by molar-refractivity contribution is 5.86. The summed E-state index contributed by atoms with van der Waals surface area (Å²) in [5, 5.41) is 11.1. The Morgan fingerprint density at radius 3 is 2.43 bits per heavy atom. The minimum Gasteiger partial charge on any atom is -0.507 e. The fourth-order valence-corrected chi connectivity index (χ4v) is 3.22. The van der Waals surface area contributed by atoms with Crippen LogP contribution in [0.15, 0.2) is 66.7 Å². The smallest absolute Gasteiger partial charge is 0.230 e. The van der Waals surface area contributed by atoms with Gasteiger partial charge in [-0.2, -0.15) is 4.98 Å². The van der Waals surface area contributed by atoms with Gasteiger partial charge < -0.3 is 9.84 Å². The first-order chi connectivity index (χ1) is 13.5. The van der Waals surface area contributed by atoms with Crippen molar-refractivity contribution in [3.05, 3.63) is 77.9 Å². The van der Waals surface area contributed by atoms with Crippen LogP contribution in [-0.2, 0) is 0 Å². The van der Waals surface area contributed by atoms with Crippen molar-refractivity contribution < 1.29 is 9.84 Å². The maximum atomic E-state index is 10.2. The van der Waals surface area contributed by atoms with Crippen LogP contribution in [0.2, 0.25) is 0 Å². The molecule has 0 fully saturated rings. The van der Waals surface area contributed by atoms with Crippen molar-refractivity contribution in [2.75, 3.05) is 0 Å². The third kappa shape index (κ3) is 3.41. The van der Waals surface area contributed by atoms with E-state index in [0.717, 1.165) is 27.8 Å². The summed E-state index contributed by atoms with van der Waals surface area (Å²) in [6.45, 7) is 6.33. The quantitative estimate of drug-likeness (QED) is 0.463. The minimum atomic E-state index is 0.141. The average molecular weight is 370 g/mol. The van der Waals surface area contributed by atoms with E-state index in [1.54, 1.807) is 18.2 Å². The Labute approximate surface area is 164 Å². The number of rotatable bonds is 4. The number of benzene rings is 3. The van der Waals surface area contributed by atoms with Crippen molar-refractivity contribution in [2.45, 2.75) is 26.7 Å². The second kappa shape index (κ2) is 7.31. The molecule has 0 aliphatic rings. The molecule has 0 atom stereocenters. The van der Waals surface area contributed by atoms with E-state index in [4.69, 9.17) is 4.74 Å². The molecular weight excluding hydrogens is 348 g/mol. The molecule has 4 nitrogen and oxygen atoms in total. The Balaban J connectivity index is 1.90. The van der Waals surface area contributed by atoms with Gasteiger partial charge in [-0.05, 0) is 54.3 Å². The lowest BCUT2D eigenvalue weighted by molar-refractivity contribution is 0.459. The van der Waals surface area contributed by atoms with E-state index in [9.17, 15) is 5.11 Å². The van der Waals surface area contributed by atoms with Gasteiger partial charge in [0.15, 0.2) is 5.82 Å². The lowest BCUT2D eigenvalue weighted by Gasteiger charge is -2.16. The van der Waals surface area contributed by atoms with Gasteiger partial charge in [-0.25, -0.2) is 4.98 Å². The van der Waals surface area contributed by atoms with Crippen LogP contribution in [0.5, 0.6) is 17.4 Å². The highest BCUT2D eigenvalue weighted by Gasteiger charge is 2.16. The van der Waals surface area contributed by atoms with Crippen molar-refractivity contribution in [2.24, 2.45) is 0 Å². The van der Waals surface area contributed by atoms with E-state index < -0.39 is 0 Å². The highest BCUT2D eigenvalue weighted by Crippen LogP contribution is 2.36. The summed E-state index contributed by atoms with van der Waals surface area (Å²) in [6.07, 6.45) is 0. The standard InChI is InChI=1S/C24H22N2O2/c1-15(2)17-13-12-16(3)14-22(17)28-24-18-8-4-6-10-20(18)25-23(26-24)19-9-5-7-11-21(19)27/h4-15,27H,1-3H3. The number of hydrogen-bond acceptors (Lipinski definition) is 4.